The number of fused-ring (bicyclic) bond motifs is 1. The Morgan fingerprint density at radius 1 is 1.08 bits per heavy atom. The van der Waals surface area contributed by atoms with Gasteiger partial charge in [-0.25, -0.2) is 19.4 Å². The summed E-state index contributed by atoms with van der Waals surface area (Å²) in [6.07, 6.45) is 3.25. The van der Waals surface area contributed by atoms with E-state index in [0.717, 1.165) is 22.1 Å². The van der Waals surface area contributed by atoms with Gasteiger partial charge in [-0.2, -0.15) is 5.10 Å². The molecule has 0 fully saturated rings. The van der Waals surface area contributed by atoms with Gasteiger partial charge >= 0.3 is 6.09 Å². The minimum absolute atomic E-state index is 0.354. The molecule has 1 unspecified atom stereocenters. The molecule has 2 heterocycles. The summed E-state index contributed by atoms with van der Waals surface area (Å²) >= 11 is 21.8. The molecule has 0 aliphatic heterocycles. The molecule has 1 amide bonds. The van der Waals surface area contributed by atoms with E-state index < -0.39 is 12.2 Å². The maximum Gasteiger partial charge on any atom is 0.417 e. The van der Waals surface area contributed by atoms with Crippen molar-refractivity contribution in [3.05, 3.63) is 67.9 Å². The van der Waals surface area contributed by atoms with Gasteiger partial charge in [0.15, 0.2) is 5.65 Å². The topological polar surface area (TPSA) is 94.0 Å². The highest BCUT2D eigenvalue weighted by Crippen LogP contribution is 2.37. The summed E-state index contributed by atoms with van der Waals surface area (Å²) in [5.74, 6) is 1.16. The fraction of sp³-hybridized carbons (Fsp3) is 0.308. The number of benzene rings is 2. The summed E-state index contributed by atoms with van der Waals surface area (Å²) in [5.41, 5.74) is 4.14. The second-order valence-corrected chi connectivity index (χ2v) is 11.4. The van der Waals surface area contributed by atoms with Crippen molar-refractivity contribution in [1.29, 1.82) is 0 Å². The Morgan fingerprint density at radius 2 is 1.79 bits per heavy atom. The van der Waals surface area contributed by atoms with Crippen LogP contribution in [0, 0.1) is 20.8 Å². The lowest BCUT2D eigenvalue weighted by Crippen LogP contribution is -2.22. The number of rotatable bonds is 9. The van der Waals surface area contributed by atoms with Gasteiger partial charge in [0.2, 0.25) is 0 Å². The highest BCUT2D eigenvalue weighted by atomic mass is 35.5. The number of thioether (sulfide) groups is 1. The SMILES string of the molecule is CSNC(=O)OC(CCNc1nc(C)nc2c1c(SC)nn2-c1c(Cl)cc(Cl)cc1Cl)c1cc(C)ccc1C. The summed E-state index contributed by atoms with van der Waals surface area (Å²) in [6.45, 7) is 6.30. The van der Waals surface area contributed by atoms with Crippen LogP contribution in [-0.4, -0.2) is 44.9 Å². The van der Waals surface area contributed by atoms with Gasteiger partial charge in [-0.3, -0.25) is 4.72 Å². The normalized spacial score (nSPS) is 12.0. The number of aryl methyl sites for hydroxylation is 3. The van der Waals surface area contributed by atoms with Crippen molar-refractivity contribution in [3.63, 3.8) is 0 Å². The first-order valence-corrected chi connectivity index (χ1v) is 15.5. The van der Waals surface area contributed by atoms with E-state index in [9.17, 15) is 4.79 Å². The molecule has 13 heteroatoms. The van der Waals surface area contributed by atoms with Crippen molar-refractivity contribution >= 4 is 81.5 Å². The number of nitrogens with zero attached hydrogens (tertiary/aromatic N) is 4. The molecule has 206 valence electrons. The van der Waals surface area contributed by atoms with Gasteiger partial charge in [0.25, 0.3) is 0 Å². The monoisotopic (exact) mass is 624 g/mol. The van der Waals surface area contributed by atoms with E-state index in [1.807, 2.05) is 32.2 Å². The number of carbonyl (C=O) groups is 1. The van der Waals surface area contributed by atoms with E-state index in [1.165, 1.54) is 23.7 Å². The molecule has 0 saturated carbocycles. The van der Waals surface area contributed by atoms with Gasteiger partial charge in [0.05, 0.1) is 15.4 Å². The molecule has 0 spiro atoms. The Kier molecular flexibility index (Phi) is 9.77. The highest BCUT2D eigenvalue weighted by Gasteiger charge is 2.23. The van der Waals surface area contributed by atoms with Crippen molar-refractivity contribution < 1.29 is 9.53 Å². The van der Waals surface area contributed by atoms with Gasteiger partial charge in [-0.15, -0.1) is 11.8 Å². The predicted octanol–water partition coefficient (Wildman–Crippen LogP) is 7.97. The standard InChI is InChI=1S/C26H27Cl3N6O2S2/c1-13-6-7-14(2)17(10-13)20(37-26(36)34-39-5)8-9-30-23-21-24(32-15(3)31-23)35(33-25(21)38-4)22-18(28)11-16(27)12-19(22)29/h6-7,10-12,20H,8-9H2,1-5H3,(H,34,36)(H,30,31,32). The zero-order valence-electron chi connectivity index (χ0n) is 21.9. The number of amides is 1. The van der Waals surface area contributed by atoms with Crippen LogP contribution in [0.3, 0.4) is 0 Å². The molecule has 0 saturated heterocycles. The van der Waals surface area contributed by atoms with Crippen LogP contribution in [0.2, 0.25) is 15.1 Å². The fourth-order valence-corrected chi connectivity index (χ4v) is 5.95. The summed E-state index contributed by atoms with van der Waals surface area (Å²) in [7, 11) is 0. The third-order valence-electron chi connectivity index (χ3n) is 5.91. The van der Waals surface area contributed by atoms with Crippen LogP contribution in [0.5, 0.6) is 0 Å². The van der Waals surface area contributed by atoms with Crippen molar-refractivity contribution in [1.82, 2.24) is 24.5 Å². The molecule has 2 aromatic heterocycles. The maximum atomic E-state index is 12.3. The van der Waals surface area contributed by atoms with E-state index in [4.69, 9.17) is 44.6 Å². The lowest BCUT2D eigenvalue weighted by atomic mass is 9.98. The van der Waals surface area contributed by atoms with Crippen LogP contribution >= 0.6 is 58.5 Å². The summed E-state index contributed by atoms with van der Waals surface area (Å²) in [4.78, 5) is 21.7. The predicted molar refractivity (Wildman–Crippen MR) is 163 cm³/mol. The highest BCUT2D eigenvalue weighted by molar-refractivity contribution is 7.98. The van der Waals surface area contributed by atoms with Crippen LogP contribution in [0.25, 0.3) is 16.7 Å². The van der Waals surface area contributed by atoms with E-state index >= 15 is 0 Å². The maximum absolute atomic E-state index is 12.3. The minimum Gasteiger partial charge on any atom is -0.441 e. The van der Waals surface area contributed by atoms with Crippen LogP contribution in [0.1, 0.15) is 35.0 Å². The summed E-state index contributed by atoms with van der Waals surface area (Å²) < 4.78 is 10.1. The molecule has 0 radical (unpaired) electrons. The molecule has 4 aromatic rings. The van der Waals surface area contributed by atoms with E-state index in [1.54, 1.807) is 30.0 Å². The smallest absolute Gasteiger partial charge is 0.417 e. The van der Waals surface area contributed by atoms with Gasteiger partial charge in [0, 0.05) is 24.2 Å². The van der Waals surface area contributed by atoms with Crippen molar-refractivity contribution in [2.45, 2.75) is 38.3 Å². The van der Waals surface area contributed by atoms with E-state index in [-0.39, 0.29) is 0 Å². The Morgan fingerprint density at radius 3 is 2.46 bits per heavy atom. The summed E-state index contributed by atoms with van der Waals surface area (Å²) in [6, 6.07) is 9.35. The molecular weight excluding hydrogens is 599 g/mol. The lowest BCUT2D eigenvalue weighted by molar-refractivity contribution is 0.0999. The molecule has 39 heavy (non-hydrogen) atoms. The van der Waals surface area contributed by atoms with Gasteiger partial charge < -0.3 is 10.1 Å². The first kappa shape index (κ1) is 29.6. The first-order chi connectivity index (χ1) is 18.6. The van der Waals surface area contributed by atoms with Gasteiger partial charge in [-0.05, 0) is 50.3 Å². The van der Waals surface area contributed by atoms with Gasteiger partial charge in [-0.1, -0.05) is 70.5 Å². The quantitative estimate of drug-likeness (QED) is 0.143. The van der Waals surface area contributed by atoms with E-state index in [0.29, 0.717) is 56.0 Å². The Hall–Kier alpha value is -2.37. The third kappa shape index (κ3) is 6.69. The number of hydrogen-bond donors (Lipinski definition) is 2. The number of carbonyl (C=O) groups excluding carboxylic acids is 1. The number of anilines is 1. The first-order valence-electron chi connectivity index (χ1n) is 11.9. The number of aromatic nitrogens is 4. The number of hydrogen-bond acceptors (Lipinski definition) is 8. The molecule has 2 N–H and O–H groups in total. The summed E-state index contributed by atoms with van der Waals surface area (Å²) in [5, 5.41) is 10.7. The van der Waals surface area contributed by atoms with Crippen LogP contribution in [0.15, 0.2) is 35.4 Å². The van der Waals surface area contributed by atoms with Crippen LogP contribution < -0.4 is 10.0 Å². The molecule has 2 aromatic carbocycles. The molecule has 0 bridgehead atoms. The minimum atomic E-state index is -0.489. The molecule has 1 atom stereocenters. The van der Waals surface area contributed by atoms with Crippen molar-refractivity contribution in [3.8, 4) is 5.69 Å². The Bertz CT molecular complexity index is 1510. The van der Waals surface area contributed by atoms with Crippen molar-refractivity contribution in [2.75, 3.05) is 24.4 Å². The molecule has 0 aliphatic carbocycles. The second-order valence-electron chi connectivity index (χ2n) is 8.73. The number of ether oxygens (including phenoxy) is 1. The average Bonchev–Trinajstić information content (AvgIpc) is 3.22. The number of halogens is 3. The van der Waals surface area contributed by atoms with E-state index in [2.05, 4.69) is 26.1 Å². The van der Waals surface area contributed by atoms with Crippen LogP contribution in [-0.2, 0) is 4.74 Å². The molecular formula is C26H27Cl3N6O2S2. The zero-order valence-corrected chi connectivity index (χ0v) is 25.8. The average molecular weight is 626 g/mol. The largest absolute Gasteiger partial charge is 0.441 e. The Balaban J connectivity index is 1.69. The number of nitrogens with one attached hydrogen (secondary N) is 2. The van der Waals surface area contributed by atoms with Crippen molar-refractivity contribution in [2.24, 2.45) is 0 Å². The molecule has 4 rings (SSSR count). The molecule has 8 nitrogen and oxygen atoms in total. The second kappa shape index (κ2) is 12.9. The molecule has 0 aliphatic rings. The third-order valence-corrected chi connectivity index (χ3v) is 7.75. The lowest BCUT2D eigenvalue weighted by Gasteiger charge is -2.21. The van der Waals surface area contributed by atoms with Gasteiger partial charge in [0.1, 0.15) is 28.5 Å². The zero-order chi connectivity index (χ0) is 28.3. The van der Waals surface area contributed by atoms with Crippen LogP contribution in [0.4, 0.5) is 10.6 Å². The Labute approximate surface area is 250 Å². The fourth-order valence-electron chi connectivity index (χ4n) is 4.20.